The van der Waals surface area contributed by atoms with Crippen molar-refractivity contribution >= 4 is 0 Å². The summed E-state index contributed by atoms with van der Waals surface area (Å²) >= 11 is 0. The molecule has 2 aliphatic heterocycles. The number of fused-ring (bicyclic) bond motifs is 2. The van der Waals surface area contributed by atoms with Gasteiger partial charge in [0.2, 0.25) is 0 Å². The van der Waals surface area contributed by atoms with Gasteiger partial charge in [-0.25, -0.2) is 0 Å². The quantitative estimate of drug-likeness (QED) is 0.361. The maximum absolute atomic E-state index is 4.00. The van der Waals surface area contributed by atoms with Gasteiger partial charge >= 0.3 is 0 Å². The van der Waals surface area contributed by atoms with Gasteiger partial charge in [0.1, 0.15) is 0 Å². The maximum Gasteiger partial charge on any atom is 0.0779 e. The maximum atomic E-state index is 4.00. The lowest BCUT2D eigenvalue weighted by Gasteiger charge is -2.25. The topological polar surface area (TPSA) is 16.5 Å². The fourth-order valence-electron chi connectivity index (χ4n) is 1.77. The summed E-state index contributed by atoms with van der Waals surface area (Å²) in [4.78, 5) is 1.48. The summed E-state index contributed by atoms with van der Waals surface area (Å²) in [6.07, 6.45) is 1.36. The van der Waals surface area contributed by atoms with E-state index in [9.17, 15) is 0 Å². The minimum Gasteiger partial charge on any atom is -0.463 e. The van der Waals surface area contributed by atoms with Gasteiger partial charge in [-0.05, 0) is 0 Å². The predicted molar refractivity (Wildman–Crippen MR) is 31.4 cm³/mol. The van der Waals surface area contributed by atoms with Gasteiger partial charge in [-0.1, -0.05) is 0 Å². The van der Waals surface area contributed by atoms with Crippen molar-refractivity contribution in [2.75, 3.05) is 13.1 Å². The van der Waals surface area contributed by atoms with Crippen molar-refractivity contribution in [3.63, 3.8) is 0 Å². The molecule has 46 valence electrons. The largest absolute Gasteiger partial charge is 0.463 e. The number of piperazine rings is 1. The van der Waals surface area contributed by atoms with Crippen LogP contribution in [0.2, 0.25) is 0 Å². The third-order valence-corrected chi connectivity index (χ3v) is 2.31. The molecule has 2 bridgehead atoms. The Balaban J connectivity index is 2.11. The van der Waals surface area contributed by atoms with E-state index in [-0.39, 0.29) is 0 Å². The Bertz CT molecular complexity index is 101. The molecule has 0 radical (unpaired) electrons. The van der Waals surface area contributed by atoms with Gasteiger partial charge in [0.15, 0.2) is 0 Å². The Hall–Kier alpha value is -0.0800. The van der Waals surface area contributed by atoms with Crippen LogP contribution >= 0.6 is 0 Å². The van der Waals surface area contributed by atoms with Gasteiger partial charge in [-0.15, -0.1) is 0 Å². The van der Waals surface area contributed by atoms with E-state index in [2.05, 4.69) is 12.4 Å². The number of nitrogens with one attached hydrogen (secondary N) is 2. The molecule has 0 spiro atoms. The van der Waals surface area contributed by atoms with E-state index >= 15 is 0 Å². The SMILES string of the molecule is [CH2-][NH+]1C[C@H]2C[C@@H]1CN2. The Morgan fingerprint density at radius 1 is 1.62 bits per heavy atom. The van der Waals surface area contributed by atoms with Gasteiger partial charge in [0.25, 0.3) is 0 Å². The van der Waals surface area contributed by atoms with Crippen molar-refractivity contribution in [3.8, 4) is 0 Å². The van der Waals surface area contributed by atoms with E-state index in [1.807, 2.05) is 0 Å². The molecule has 2 heterocycles. The summed E-state index contributed by atoms with van der Waals surface area (Å²) in [7, 11) is 4.00. The summed E-state index contributed by atoms with van der Waals surface area (Å²) in [6, 6.07) is 1.63. The van der Waals surface area contributed by atoms with Crippen LogP contribution in [-0.2, 0) is 0 Å². The average molecular weight is 112 g/mol. The predicted octanol–water partition coefficient (Wildman–Crippen LogP) is -1.59. The minimum absolute atomic E-state index is 0.799. The lowest BCUT2D eigenvalue weighted by atomic mass is 10.2. The lowest BCUT2D eigenvalue weighted by molar-refractivity contribution is -0.869. The summed E-state index contributed by atoms with van der Waals surface area (Å²) in [5.74, 6) is 0. The molecule has 2 fully saturated rings. The van der Waals surface area contributed by atoms with Gasteiger partial charge in [-0.3, -0.25) is 0 Å². The number of rotatable bonds is 0. The second-order valence-electron chi connectivity index (χ2n) is 2.90. The van der Waals surface area contributed by atoms with Gasteiger partial charge < -0.3 is 10.2 Å². The van der Waals surface area contributed by atoms with Gasteiger partial charge in [0.05, 0.1) is 18.6 Å². The van der Waals surface area contributed by atoms with Gasteiger partial charge in [-0.2, -0.15) is 7.05 Å². The Kier molecular flexibility index (Phi) is 0.866. The molecule has 0 saturated carbocycles. The van der Waals surface area contributed by atoms with Crippen molar-refractivity contribution in [1.29, 1.82) is 0 Å². The van der Waals surface area contributed by atoms with E-state index < -0.39 is 0 Å². The number of hydrogen-bond acceptors (Lipinski definition) is 1. The molecule has 2 heteroatoms. The molecule has 2 rings (SSSR count). The molecular formula is C6H12N2. The van der Waals surface area contributed by atoms with E-state index in [1.165, 1.54) is 24.4 Å². The van der Waals surface area contributed by atoms with Crippen molar-refractivity contribution < 1.29 is 4.90 Å². The summed E-state index contributed by atoms with van der Waals surface area (Å²) < 4.78 is 0. The third-order valence-electron chi connectivity index (χ3n) is 2.31. The zero-order valence-corrected chi connectivity index (χ0v) is 4.98. The molecule has 2 saturated heterocycles. The zero-order valence-electron chi connectivity index (χ0n) is 4.98. The highest BCUT2D eigenvalue weighted by Crippen LogP contribution is 2.07. The average Bonchev–Trinajstić information content (AvgIpc) is 2.23. The van der Waals surface area contributed by atoms with E-state index in [1.54, 1.807) is 0 Å². The Morgan fingerprint density at radius 3 is 2.75 bits per heavy atom. The van der Waals surface area contributed by atoms with Gasteiger partial charge in [0, 0.05) is 13.0 Å². The van der Waals surface area contributed by atoms with E-state index in [4.69, 9.17) is 0 Å². The van der Waals surface area contributed by atoms with E-state index in [0.29, 0.717) is 0 Å². The standard InChI is InChI=1S/C6H12N2/c1-8-4-5-2-6(8)3-7-5/h5-8H,1-4H2/t5-,6-/m1/s1. The highest BCUT2D eigenvalue weighted by Gasteiger charge is 2.35. The first kappa shape index (κ1) is 4.77. The normalized spacial score (nSPS) is 52.9. The molecule has 3 atom stereocenters. The molecule has 1 unspecified atom stereocenters. The van der Waals surface area contributed by atoms with Crippen LogP contribution in [-0.4, -0.2) is 25.2 Å². The molecular weight excluding hydrogens is 100 g/mol. The number of likely N-dealkylation sites (tertiary alicyclic amines) is 1. The first-order chi connectivity index (χ1) is 3.86. The lowest BCUT2D eigenvalue weighted by Crippen LogP contribution is -3.11. The van der Waals surface area contributed by atoms with Crippen LogP contribution in [0.4, 0.5) is 0 Å². The van der Waals surface area contributed by atoms with Crippen molar-refractivity contribution in [1.82, 2.24) is 5.32 Å². The summed E-state index contributed by atoms with van der Waals surface area (Å²) in [6.45, 7) is 2.44. The second kappa shape index (κ2) is 1.45. The molecule has 0 aromatic heterocycles. The summed E-state index contributed by atoms with van der Waals surface area (Å²) in [5, 5.41) is 3.43. The van der Waals surface area contributed by atoms with Crippen molar-refractivity contribution in [3.05, 3.63) is 7.05 Å². The van der Waals surface area contributed by atoms with Crippen molar-refractivity contribution in [2.45, 2.75) is 18.5 Å². The molecule has 0 aliphatic carbocycles. The smallest absolute Gasteiger partial charge is 0.0779 e. The zero-order chi connectivity index (χ0) is 5.56. The molecule has 0 aromatic rings. The highest BCUT2D eigenvalue weighted by molar-refractivity contribution is 4.85. The first-order valence-electron chi connectivity index (χ1n) is 3.27. The molecule has 8 heavy (non-hydrogen) atoms. The Labute approximate surface area is 49.9 Å². The van der Waals surface area contributed by atoms with Crippen LogP contribution in [0.15, 0.2) is 0 Å². The van der Waals surface area contributed by atoms with Crippen LogP contribution < -0.4 is 10.2 Å². The third kappa shape index (κ3) is 0.501. The summed E-state index contributed by atoms with van der Waals surface area (Å²) in [5.41, 5.74) is 0. The fraction of sp³-hybridized carbons (Fsp3) is 0.833. The monoisotopic (exact) mass is 112 g/mol. The molecule has 2 nitrogen and oxygen atoms in total. The first-order valence-corrected chi connectivity index (χ1v) is 3.27. The van der Waals surface area contributed by atoms with Crippen LogP contribution in [0.3, 0.4) is 0 Å². The number of quaternary nitrogens is 1. The van der Waals surface area contributed by atoms with Crippen LogP contribution in [0, 0.1) is 7.05 Å². The van der Waals surface area contributed by atoms with Crippen molar-refractivity contribution in [2.24, 2.45) is 0 Å². The van der Waals surface area contributed by atoms with Crippen LogP contribution in [0.25, 0.3) is 0 Å². The minimum atomic E-state index is 0.799. The second-order valence-corrected chi connectivity index (χ2v) is 2.90. The van der Waals surface area contributed by atoms with E-state index in [0.717, 1.165) is 12.1 Å². The molecule has 2 N–H and O–H groups in total. The fourth-order valence-corrected chi connectivity index (χ4v) is 1.77. The number of hydrogen-bond donors (Lipinski definition) is 2. The van der Waals surface area contributed by atoms with Crippen LogP contribution in [0.1, 0.15) is 6.42 Å². The Morgan fingerprint density at radius 2 is 2.50 bits per heavy atom. The molecule has 0 amide bonds. The van der Waals surface area contributed by atoms with Crippen LogP contribution in [0.5, 0.6) is 0 Å². The molecule has 2 aliphatic rings. The highest BCUT2D eigenvalue weighted by atomic mass is 15.3. The molecule has 0 aromatic carbocycles.